The summed E-state index contributed by atoms with van der Waals surface area (Å²) in [5.41, 5.74) is 2.74. The van der Waals surface area contributed by atoms with Gasteiger partial charge in [0.05, 0.1) is 6.10 Å². The van der Waals surface area contributed by atoms with Gasteiger partial charge in [0.2, 0.25) is 0 Å². The molecule has 0 unspecified atom stereocenters. The molecule has 0 spiro atoms. The summed E-state index contributed by atoms with van der Waals surface area (Å²) in [5, 5.41) is 10.3. The number of allylic oxidation sites excluding steroid dienone is 4. The van der Waals surface area contributed by atoms with Gasteiger partial charge in [-0.2, -0.15) is 0 Å². The maximum absolute atomic E-state index is 10.3. The first kappa shape index (κ1) is 21.7. The number of fused-ring (bicyclic) bond motifs is 5. The molecule has 0 amide bonds. The van der Waals surface area contributed by atoms with Crippen LogP contribution in [0.15, 0.2) is 23.8 Å². The fraction of sp³-hybridized carbons (Fsp3) is 0.857. The van der Waals surface area contributed by atoms with Gasteiger partial charge in [0, 0.05) is 0 Å². The van der Waals surface area contributed by atoms with Crippen LogP contribution in [0.4, 0.5) is 0 Å². The molecule has 1 heteroatoms. The van der Waals surface area contributed by atoms with E-state index < -0.39 is 0 Å². The van der Waals surface area contributed by atoms with Crippen molar-refractivity contribution in [3.8, 4) is 0 Å². The molecule has 1 nitrogen and oxygen atoms in total. The van der Waals surface area contributed by atoms with Crippen LogP contribution in [0.2, 0.25) is 0 Å². The van der Waals surface area contributed by atoms with E-state index in [2.05, 4.69) is 59.8 Å². The van der Waals surface area contributed by atoms with Gasteiger partial charge >= 0.3 is 0 Å². The number of aliphatic hydroxyl groups excluding tert-OH is 1. The zero-order valence-corrected chi connectivity index (χ0v) is 20.0. The number of rotatable bonds is 4. The van der Waals surface area contributed by atoms with E-state index in [0.29, 0.717) is 22.7 Å². The Kier molecular flexibility index (Phi) is 5.86. The second kappa shape index (κ2) is 7.85. The molecule has 29 heavy (non-hydrogen) atoms. The second-order valence-electron chi connectivity index (χ2n) is 12.2. The quantitative estimate of drug-likeness (QED) is 0.489. The van der Waals surface area contributed by atoms with E-state index >= 15 is 0 Å². The Balaban J connectivity index is 1.51. The molecule has 4 aliphatic carbocycles. The average Bonchev–Trinajstić information content (AvgIpc) is 3.03. The highest BCUT2D eigenvalue weighted by molar-refractivity contribution is 5.30. The zero-order valence-electron chi connectivity index (χ0n) is 20.0. The Labute approximate surface area is 180 Å². The lowest BCUT2D eigenvalue weighted by Gasteiger charge is -2.59. The lowest BCUT2D eigenvalue weighted by atomic mass is 9.45. The molecular formula is C28H46O. The van der Waals surface area contributed by atoms with E-state index in [4.69, 9.17) is 0 Å². The van der Waals surface area contributed by atoms with Crippen molar-refractivity contribution in [2.75, 3.05) is 0 Å². The van der Waals surface area contributed by atoms with Gasteiger partial charge in [-0.15, -0.1) is 0 Å². The lowest BCUT2D eigenvalue weighted by Crippen LogP contribution is -2.52. The molecule has 0 bridgehead atoms. The Bertz CT molecular complexity index is 659. The zero-order chi connectivity index (χ0) is 21.0. The van der Waals surface area contributed by atoms with Crippen molar-refractivity contribution in [1.82, 2.24) is 0 Å². The summed E-state index contributed by atoms with van der Waals surface area (Å²) in [4.78, 5) is 0. The number of aliphatic hydroxyl groups is 1. The van der Waals surface area contributed by atoms with Crippen molar-refractivity contribution < 1.29 is 5.11 Å². The molecule has 0 saturated heterocycles. The third kappa shape index (κ3) is 3.58. The SMILES string of the molecule is CC(C)[C@@H](C)/C=C/[C@@H](C)[C@H]1CC=C2[C@@H]3CC[C@H]4C[C@@H](O)CC[C@]4(C)[C@H]3CC[C@@]21C. The predicted molar refractivity (Wildman–Crippen MR) is 124 cm³/mol. The highest BCUT2D eigenvalue weighted by atomic mass is 16.3. The van der Waals surface area contributed by atoms with E-state index in [1.165, 1.54) is 38.5 Å². The maximum atomic E-state index is 10.3. The Morgan fingerprint density at radius 2 is 1.76 bits per heavy atom. The standard InChI is InChI=1S/C28H46O/c1-18(2)19(3)7-8-20(4)24-11-12-25-23-10-9-21-17-22(29)13-15-27(21,5)26(23)14-16-28(24,25)6/h7-8,12,18-24,26,29H,9-11,13-17H2,1-6H3/b8-7+/t19-,20+,21-,22-,23-,24+,26-,27-,28+/m0/s1. The molecule has 4 aliphatic rings. The Morgan fingerprint density at radius 3 is 2.48 bits per heavy atom. The summed E-state index contributed by atoms with van der Waals surface area (Å²) in [6.45, 7) is 14.7. The highest BCUT2D eigenvalue weighted by Crippen LogP contribution is 2.66. The van der Waals surface area contributed by atoms with Crippen molar-refractivity contribution >= 4 is 0 Å². The second-order valence-corrected chi connectivity index (χ2v) is 12.2. The van der Waals surface area contributed by atoms with Gasteiger partial charge in [-0.05, 0) is 104 Å². The minimum Gasteiger partial charge on any atom is -0.393 e. The van der Waals surface area contributed by atoms with Crippen LogP contribution < -0.4 is 0 Å². The summed E-state index contributed by atoms with van der Waals surface area (Å²) in [5.74, 6) is 5.29. The molecular weight excluding hydrogens is 352 g/mol. The molecule has 0 aromatic carbocycles. The summed E-state index contributed by atoms with van der Waals surface area (Å²) in [6.07, 6.45) is 17.8. The van der Waals surface area contributed by atoms with Gasteiger partial charge in [-0.1, -0.05) is 65.3 Å². The van der Waals surface area contributed by atoms with Gasteiger partial charge in [-0.25, -0.2) is 0 Å². The molecule has 3 fully saturated rings. The van der Waals surface area contributed by atoms with Crippen molar-refractivity contribution in [3.63, 3.8) is 0 Å². The Hall–Kier alpha value is -0.560. The van der Waals surface area contributed by atoms with E-state index in [1.54, 1.807) is 0 Å². The summed E-state index contributed by atoms with van der Waals surface area (Å²) >= 11 is 0. The first-order valence-electron chi connectivity index (χ1n) is 12.7. The molecule has 0 heterocycles. The largest absolute Gasteiger partial charge is 0.393 e. The minimum absolute atomic E-state index is 0.0329. The fourth-order valence-corrected chi connectivity index (χ4v) is 8.10. The Morgan fingerprint density at radius 1 is 1.00 bits per heavy atom. The molecule has 9 atom stereocenters. The first-order chi connectivity index (χ1) is 13.7. The van der Waals surface area contributed by atoms with Crippen LogP contribution in [0.5, 0.6) is 0 Å². The normalized spacial score (nSPS) is 46.8. The lowest BCUT2D eigenvalue weighted by molar-refractivity contribution is -0.0852. The predicted octanol–water partition coefficient (Wildman–Crippen LogP) is 7.41. The van der Waals surface area contributed by atoms with Gasteiger partial charge in [0.1, 0.15) is 0 Å². The van der Waals surface area contributed by atoms with Crippen molar-refractivity contribution in [1.29, 1.82) is 0 Å². The van der Waals surface area contributed by atoms with E-state index in [0.717, 1.165) is 42.4 Å². The molecule has 0 aromatic rings. The van der Waals surface area contributed by atoms with Gasteiger partial charge < -0.3 is 5.11 Å². The van der Waals surface area contributed by atoms with Crippen LogP contribution in [0.3, 0.4) is 0 Å². The minimum atomic E-state index is -0.0329. The molecule has 4 rings (SSSR count). The van der Waals surface area contributed by atoms with Gasteiger partial charge in [-0.3, -0.25) is 0 Å². The summed E-state index contributed by atoms with van der Waals surface area (Å²) in [7, 11) is 0. The number of hydrogen-bond acceptors (Lipinski definition) is 1. The fourth-order valence-electron chi connectivity index (χ4n) is 8.10. The summed E-state index contributed by atoms with van der Waals surface area (Å²) < 4.78 is 0. The van der Waals surface area contributed by atoms with E-state index in [1.807, 2.05) is 5.57 Å². The molecule has 0 radical (unpaired) electrons. The van der Waals surface area contributed by atoms with E-state index in [-0.39, 0.29) is 6.10 Å². The van der Waals surface area contributed by atoms with Crippen LogP contribution in [0, 0.1) is 52.3 Å². The van der Waals surface area contributed by atoms with Gasteiger partial charge in [0.15, 0.2) is 0 Å². The van der Waals surface area contributed by atoms with Crippen LogP contribution in [-0.4, -0.2) is 11.2 Å². The first-order valence-corrected chi connectivity index (χ1v) is 12.7. The van der Waals surface area contributed by atoms with Crippen molar-refractivity contribution in [3.05, 3.63) is 23.8 Å². The van der Waals surface area contributed by atoms with Gasteiger partial charge in [0.25, 0.3) is 0 Å². The summed E-state index contributed by atoms with van der Waals surface area (Å²) in [6, 6.07) is 0. The maximum Gasteiger partial charge on any atom is 0.0543 e. The van der Waals surface area contributed by atoms with Crippen molar-refractivity contribution in [2.24, 2.45) is 52.3 Å². The monoisotopic (exact) mass is 398 g/mol. The molecule has 0 aliphatic heterocycles. The average molecular weight is 399 g/mol. The molecule has 164 valence electrons. The molecule has 1 N–H and O–H groups in total. The van der Waals surface area contributed by atoms with E-state index in [9.17, 15) is 5.11 Å². The molecule has 3 saturated carbocycles. The highest BCUT2D eigenvalue weighted by Gasteiger charge is 2.57. The van der Waals surface area contributed by atoms with Crippen molar-refractivity contribution in [2.45, 2.75) is 99.0 Å². The van der Waals surface area contributed by atoms with Crippen LogP contribution in [0.1, 0.15) is 92.9 Å². The topological polar surface area (TPSA) is 20.2 Å². The van der Waals surface area contributed by atoms with Crippen LogP contribution >= 0.6 is 0 Å². The third-order valence-electron chi connectivity index (χ3n) is 10.5. The van der Waals surface area contributed by atoms with Crippen LogP contribution in [-0.2, 0) is 0 Å². The number of hydrogen-bond donors (Lipinski definition) is 1. The van der Waals surface area contributed by atoms with Crippen LogP contribution in [0.25, 0.3) is 0 Å². The smallest absolute Gasteiger partial charge is 0.0543 e. The third-order valence-corrected chi connectivity index (χ3v) is 10.5. The molecule has 0 aromatic heterocycles.